The highest BCUT2D eigenvalue weighted by atomic mass is 35.5. The molecule has 0 bridgehead atoms. The number of likely N-dealkylation sites (tertiary alicyclic amines) is 1. The van der Waals surface area contributed by atoms with Crippen LogP contribution in [0.3, 0.4) is 0 Å². The zero-order valence-electron chi connectivity index (χ0n) is 6.85. The second kappa shape index (κ2) is 2.74. The van der Waals surface area contributed by atoms with Gasteiger partial charge in [0.05, 0.1) is 18.6 Å². The lowest BCUT2D eigenvalue weighted by Crippen LogP contribution is -2.45. The third-order valence-corrected chi connectivity index (χ3v) is 3.73. The fourth-order valence-electron chi connectivity index (χ4n) is 2.05. The molecule has 0 radical (unpaired) electrons. The first-order valence-corrected chi connectivity index (χ1v) is 4.73. The molecular weight excluding hydrogens is 233 g/mol. The van der Waals surface area contributed by atoms with Crippen molar-refractivity contribution in [2.24, 2.45) is 11.8 Å². The number of aliphatic hydroxyl groups excluding tert-OH is 1. The molecule has 1 saturated heterocycles. The van der Waals surface area contributed by atoms with E-state index in [0.717, 1.165) is 0 Å². The number of amides is 2. The van der Waals surface area contributed by atoms with Crippen molar-refractivity contribution in [3.63, 3.8) is 0 Å². The Kier molecular flexibility index (Phi) is 1.96. The summed E-state index contributed by atoms with van der Waals surface area (Å²) in [6, 6.07) is -0.806. The molecule has 2 N–H and O–H groups in total. The van der Waals surface area contributed by atoms with Gasteiger partial charge < -0.3 is 10.2 Å². The quantitative estimate of drug-likeness (QED) is 0.645. The second-order valence-corrected chi connectivity index (χ2v) is 4.86. The van der Waals surface area contributed by atoms with Crippen LogP contribution in [0.4, 0.5) is 4.79 Å². The number of halogens is 2. The predicted molar refractivity (Wildman–Crippen MR) is 47.2 cm³/mol. The lowest BCUT2D eigenvalue weighted by Gasteiger charge is -2.23. The minimum absolute atomic E-state index is 0.444. The molecule has 7 heteroatoms. The Balaban J connectivity index is 2.28. The summed E-state index contributed by atoms with van der Waals surface area (Å²) in [5.74, 6) is -1.77. The van der Waals surface area contributed by atoms with E-state index in [1.54, 1.807) is 0 Å². The first-order valence-electron chi connectivity index (χ1n) is 3.97. The molecule has 2 rings (SSSR count). The van der Waals surface area contributed by atoms with E-state index in [1.165, 1.54) is 0 Å². The van der Waals surface area contributed by atoms with Gasteiger partial charge in [0.15, 0.2) is 0 Å². The van der Waals surface area contributed by atoms with E-state index in [-0.39, 0.29) is 0 Å². The predicted octanol–water partition coefficient (Wildman–Crippen LogP) is 0.287. The average molecular weight is 240 g/mol. The highest BCUT2D eigenvalue weighted by Gasteiger charge is 2.77. The maximum absolute atomic E-state index is 11.4. The summed E-state index contributed by atoms with van der Waals surface area (Å²) in [6.45, 7) is -0.444. The molecule has 0 unspecified atom stereocenters. The monoisotopic (exact) mass is 239 g/mol. The van der Waals surface area contributed by atoms with Crippen LogP contribution in [0.5, 0.6) is 0 Å². The van der Waals surface area contributed by atoms with E-state index in [0.29, 0.717) is 4.90 Å². The molecule has 5 nitrogen and oxygen atoms in total. The van der Waals surface area contributed by atoms with Crippen LogP contribution in [0.1, 0.15) is 0 Å². The van der Waals surface area contributed by atoms with Crippen molar-refractivity contribution in [1.29, 1.82) is 0 Å². The number of imide groups is 1. The molecule has 14 heavy (non-hydrogen) atoms. The van der Waals surface area contributed by atoms with Gasteiger partial charge in [-0.25, -0.2) is 9.69 Å². The Morgan fingerprint density at radius 3 is 2.57 bits per heavy atom. The third kappa shape index (κ3) is 1.00. The highest BCUT2D eigenvalue weighted by molar-refractivity contribution is 6.53. The number of carbonyl (C=O) groups is 2. The Morgan fingerprint density at radius 2 is 2.14 bits per heavy atom. The molecule has 2 amide bonds. The van der Waals surface area contributed by atoms with Gasteiger partial charge in [-0.15, -0.1) is 23.2 Å². The van der Waals surface area contributed by atoms with Crippen molar-refractivity contribution >= 4 is 35.2 Å². The summed E-state index contributed by atoms with van der Waals surface area (Å²) < 4.78 is -1.20. The topological polar surface area (TPSA) is 77.8 Å². The fraction of sp³-hybridized carbons (Fsp3) is 0.714. The van der Waals surface area contributed by atoms with Crippen molar-refractivity contribution in [2.45, 2.75) is 10.4 Å². The average Bonchev–Trinajstić information content (AvgIpc) is 2.50. The number of rotatable bonds is 1. The molecule has 0 aromatic heterocycles. The molecular formula is C7H7Cl2NO4. The van der Waals surface area contributed by atoms with E-state index in [4.69, 9.17) is 33.4 Å². The summed E-state index contributed by atoms with van der Waals surface area (Å²) >= 11 is 11.5. The van der Waals surface area contributed by atoms with Crippen LogP contribution in [0, 0.1) is 11.8 Å². The molecule has 78 valence electrons. The Morgan fingerprint density at radius 1 is 1.57 bits per heavy atom. The van der Waals surface area contributed by atoms with Gasteiger partial charge in [-0.2, -0.15) is 0 Å². The first-order chi connectivity index (χ1) is 6.42. The van der Waals surface area contributed by atoms with Crippen LogP contribution in [0.2, 0.25) is 0 Å². The number of hydrogen-bond acceptors (Lipinski definition) is 3. The van der Waals surface area contributed by atoms with E-state index in [9.17, 15) is 9.59 Å². The van der Waals surface area contributed by atoms with E-state index in [1.807, 2.05) is 0 Å². The molecule has 0 aromatic rings. The Bertz CT molecular complexity index is 319. The summed E-state index contributed by atoms with van der Waals surface area (Å²) in [7, 11) is 0. The van der Waals surface area contributed by atoms with E-state index < -0.39 is 40.8 Å². The van der Waals surface area contributed by atoms with Crippen LogP contribution in [-0.2, 0) is 4.79 Å². The number of aliphatic hydroxyl groups is 1. The highest BCUT2D eigenvalue weighted by Crippen LogP contribution is 2.65. The molecule has 1 heterocycles. The smallest absolute Gasteiger partial charge is 0.414 e. The number of fused-ring (bicyclic) bond motifs is 1. The maximum atomic E-state index is 11.4. The van der Waals surface area contributed by atoms with Gasteiger partial charge >= 0.3 is 6.09 Å². The third-order valence-electron chi connectivity index (χ3n) is 2.75. The standard InChI is InChI=1S/C7H7Cl2NO4/c8-7(9)3-2(1-11)10(6(13)14)5(12)4(3)7/h2-4,11H,1H2,(H,13,14)/t2-,3-,4-/m1/s1. The minimum atomic E-state index is -1.37. The van der Waals surface area contributed by atoms with Crippen LogP contribution < -0.4 is 0 Å². The molecule has 2 aliphatic rings. The summed E-state index contributed by atoms with van der Waals surface area (Å²) in [6.07, 6.45) is -1.37. The summed E-state index contributed by atoms with van der Waals surface area (Å²) in [4.78, 5) is 22.7. The number of hydrogen-bond donors (Lipinski definition) is 2. The second-order valence-electron chi connectivity index (χ2n) is 3.42. The number of alkyl halides is 2. The minimum Gasteiger partial charge on any atom is -0.465 e. The maximum Gasteiger partial charge on any atom is 0.414 e. The zero-order chi connectivity index (χ0) is 10.7. The number of carbonyl (C=O) groups excluding carboxylic acids is 1. The number of nitrogens with zero attached hydrogens (tertiary/aromatic N) is 1. The van der Waals surface area contributed by atoms with Gasteiger partial charge in [-0.05, 0) is 0 Å². The van der Waals surface area contributed by atoms with Crippen LogP contribution in [0.15, 0.2) is 0 Å². The summed E-state index contributed by atoms with van der Waals surface area (Å²) in [5, 5.41) is 17.7. The fourth-order valence-corrected chi connectivity index (χ4v) is 2.93. The lowest BCUT2D eigenvalue weighted by atomic mass is 10.2. The lowest BCUT2D eigenvalue weighted by molar-refractivity contribution is -0.129. The summed E-state index contributed by atoms with van der Waals surface area (Å²) in [5.41, 5.74) is 0. The number of piperidine rings is 1. The van der Waals surface area contributed by atoms with Crippen LogP contribution >= 0.6 is 23.2 Å². The van der Waals surface area contributed by atoms with Crippen LogP contribution in [-0.4, -0.2) is 44.1 Å². The van der Waals surface area contributed by atoms with Gasteiger partial charge in [-0.3, -0.25) is 4.79 Å². The van der Waals surface area contributed by atoms with Crippen molar-refractivity contribution in [3.8, 4) is 0 Å². The largest absolute Gasteiger partial charge is 0.465 e. The van der Waals surface area contributed by atoms with Gasteiger partial charge in [0.25, 0.3) is 0 Å². The van der Waals surface area contributed by atoms with Crippen molar-refractivity contribution < 1.29 is 19.8 Å². The SMILES string of the molecule is O=C(O)N1C(=O)[C@H]2[C@@H]([C@H]1CO)C2(Cl)Cl. The molecule has 0 aromatic carbocycles. The molecule has 1 saturated carbocycles. The molecule has 2 fully saturated rings. The van der Waals surface area contributed by atoms with Gasteiger partial charge in [-0.1, -0.05) is 0 Å². The molecule has 0 spiro atoms. The van der Waals surface area contributed by atoms with Crippen LogP contribution in [0.25, 0.3) is 0 Å². The van der Waals surface area contributed by atoms with Gasteiger partial charge in [0, 0.05) is 5.92 Å². The van der Waals surface area contributed by atoms with Gasteiger partial charge in [0.1, 0.15) is 4.33 Å². The molecule has 1 aliphatic carbocycles. The van der Waals surface area contributed by atoms with Gasteiger partial charge in [0.2, 0.25) is 5.91 Å². The molecule has 3 atom stereocenters. The van der Waals surface area contributed by atoms with Crippen molar-refractivity contribution in [3.05, 3.63) is 0 Å². The zero-order valence-corrected chi connectivity index (χ0v) is 8.37. The van der Waals surface area contributed by atoms with E-state index >= 15 is 0 Å². The van der Waals surface area contributed by atoms with E-state index in [2.05, 4.69) is 0 Å². The first kappa shape index (κ1) is 10.0. The molecule has 1 aliphatic heterocycles. The van der Waals surface area contributed by atoms with Crippen molar-refractivity contribution in [2.75, 3.05) is 6.61 Å². The Hall–Kier alpha value is -0.520. The number of carboxylic acid groups (broad SMARTS) is 1. The Labute approximate surface area is 89.2 Å². The van der Waals surface area contributed by atoms with Crippen molar-refractivity contribution in [1.82, 2.24) is 4.90 Å². The normalized spacial score (nSPS) is 38.4.